The van der Waals surface area contributed by atoms with Crippen molar-refractivity contribution in [2.24, 2.45) is 0 Å². The van der Waals surface area contributed by atoms with Crippen LogP contribution in [0.5, 0.6) is 0 Å². The number of pyridine rings is 1. The molecule has 30 heavy (non-hydrogen) atoms. The van der Waals surface area contributed by atoms with E-state index in [1.165, 1.54) is 5.56 Å². The maximum atomic E-state index is 13.2. The van der Waals surface area contributed by atoms with E-state index in [4.69, 9.17) is 21.7 Å². The Morgan fingerprint density at radius 1 is 1.07 bits per heavy atom. The highest BCUT2D eigenvalue weighted by Crippen LogP contribution is 2.27. The second-order valence-electron chi connectivity index (χ2n) is 7.44. The Balaban J connectivity index is 1.82. The smallest absolute Gasteiger partial charge is 0.256 e. The Labute approximate surface area is 180 Å². The van der Waals surface area contributed by atoms with E-state index in [-0.39, 0.29) is 5.91 Å². The monoisotopic (exact) mass is 418 g/mol. The van der Waals surface area contributed by atoms with Gasteiger partial charge in [0.2, 0.25) is 0 Å². The van der Waals surface area contributed by atoms with Gasteiger partial charge in [-0.05, 0) is 68.7 Å². The summed E-state index contributed by atoms with van der Waals surface area (Å²) in [5, 5.41) is 9.00. The molecule has 0 fully saturated rings. The number of carbonyl (C=O) groups excluding carboxylic acids is 1. The topological polar surface area (TPSA) is 59.8 Å². The van der Waals surface area contributed by atoms with Crippen LogP contribution in [0, 0.1) is 20.8 Å². The summed E-state index contributed by atoms with van der Waals surface area (Å²) in [4.78, 5) is 17.9. The van der Waals surface area contributed by atoms with Crippen molar-refractivity contribution in [3.05, 3.63) is 81.6 Å². The summed E-state index contributed by atoms with van der Waals surface area (Å²) in [6, 6.07) is 15.5. The SMILES string of the molecule is CCc1ccc(-n2nc(C)c3c(C(=O)Nc4cc(Cl)ccc4C)cc(C)nc32)cc1. The van der Waals surface area contributed by atoms with Crippen molar-refractivity contribution in [2.75, 3.05) is 5.32 Å². The fourth-order valence-electron chi connectivity index (χ4n) is 3.56. The molecule has 152 valence electrons. The number of hydrogen-bond acceptors (Lipinski definition) is 3. The number of nitrogens with one attached hydrogen (secondary N) is 1. The summed E-state index contributed by atoms with van der Waals surface area (Å²) in [7, 11) is 0. The second kappa shape index (κ2) is 7.92. The van der Waals surface area contributed by atoms with Gasteiger partial charge >= 0.3 is 0 Å². The molecule has 6 heteroatoms. The first-order valence-corrected chi connectivity index (χ1v) is 10.3. The molecule has 2 heterocycles. The molecule has 0 saturated carbocycles. The number of carbonyl (C=O) groups is 1. The number of halogens is 1. The Kier molecular flexibility index (Phi) is 5.31. The zero-order valence-corrected chi connectivity index (χ0v) is 18.2. The van der Waals surface area contributed by atoms with Crippen molar-refractivity contribution < 1.29 is 4.79 Å². The van der Waals surface area contributed by atoms with Crippen LogP contribution < -0.4 is 5.32 Å². The predicted molar refractivity (Wildman–Crippen MR) is 122 cm³/mol. The van der Waals surface area contributed by atoms with Gasteiger partial charge < -0.3 is 5.32 Å². The molecule has 1 amide bonds. The van der Waals surface area contributed by atoms with Crippen LogP contribution in [0.25, 0.3) is 16.7 Å². The molecule has 0 aliphatic rings. The first-order valence-electron chi connectivity index (χ1n) is 9.91. The first kappa shape index (κ1) is 20.1. The molecule has 0 radical (unpaired) electrons. The van der Waals surface area contributed by atoms with Crippen LogP contribution in [0.3, 0.4) is 0 Å². The number of fused-ring (bicyclic) bond motifs is 1. The van der Waals surface area contributed by atoms with Gasteiger partial charge in [-0.25, -0.2) is 9.67 Å². The van der Waals surface area contributed by atoms with Crippen LogP contribution in [0.2, 0.25) is 5.02 Å². The normalized spacial score (nSPS) is 11.1. The molecule has 0 unspecified atom stereocenters. The van der Waals surface area contributed by atoms with Crippen molar-refractivity contribution in [1.29, 1.82) is 0 Å². The van der Waals surface area contributed by atoms with E-state index in [1.807, 2.05) is 39.0 Å². The van der Waals surface area contributed by atoms with Gasteiger partial charge in [-0.2, -0.15) is 5.10 Å². The van der Waals surface area contributed by atoms with Gasteiger partial charge in [0, 0.05) is 16.4 Å². The fourth-order valence-corrected chi connectivity index (χ4v) is 3.74. The van der Waals surface area contributed by atoms with E-state index in [0.717, 1.165) is 34.4 Å². The maximum absolute atomic E-state index is 13.2. The van der Waals surface area contributed by atoms with Crippen LogP contribution in [0.1, 0.15) is 39.8 Å². The molecule has 1 N–H and O–H groups in total. The van der Waals surface area contributed by atoms with Crippen LogP contribution >= 0.6 is 11.6 Å². The van der Waals surface area contributed by atoms with E-state index in [9.17, 15) is 4.79 Å². The third-order valence-electron chi connectivity index (χ3n) is 5.22. The molecule has 0 saturated heterocycles. The lowest BCUT2D eigenvalue weighted by molar-refractivity contribution is 0.102. The van der Waals surface area contributed by atoms with Gasteiger partial charge in [-0.3, -0.25) is 4.79 Å². The number of hydrogen-bond donors (Lipinski definition) is 1. The maximum Gasteiger partial charge on any atom is 0.256 e. The molecule has 2 aromatic heterocycles. The number of aryl methyl sites for hydroxylation is 4. The molecular weight excluding hydrogens is 396 g/mol. The van der Waals surface area contributed by atoms with Crippen molar-refractivity contribution >= 4 is 34.2 Å². The molecule has 0 spiro atoms. The van der Waals surface area contributed by atoms with E-state index in [2.05, 4.69) is 24.4 Å². The summed E-state index contributed by atoms with van der Waals surface area (Å²) in [5.41, 5.74) is 6.53. The summed E-state index contributed by atoms with van der Waals surface area (Å²) in [6.07, 6.45) is 0.976. The molecule has 2 aromatic carbocycles. The third kappa shape index (κ3) is 3.68. The summed E-state index contributed by atoms with van der Waals surface area (Å²) < 4.78 is 1.80. The minimum Gasteiger partial charge on any atom is -0.322 e. The quantitative estimate of drug-likeness (QED) is 0.454. The Morgan fingerprint density at radius 2 is 1.80 bits per heavy atom. The highest BCUT2D eigenvalue weighted by Gasteiger charge is 2.20. The van der Waals surface area contributed by atoms with Crippen molar-refractivity contribution in [3.63, 3.8) is 0 Å². The lowest BCUT2D eigenvalue weighted by atomic mass is 10.1. The molecule has 5 nitrogen and oxygen atoms in total. The lowest BCUT2D eigenvalue weighted by Crippen LogP contribution is -2.14. The summed E-state index contributed by atoms with van der Waals surface area (Å²) in [6.45, 7) is 7.84. The lowest BCUT2D eigenvalue weighted by Gasteiger charge is -2.11. The average Bonchev–Trinajstić information content (AvgIpc) is 3.06. The van der Waals surface area contributed by atoms with Gasteiger partial charge in [0.1, 0.15) is 0 Å². The van der Waals surface area contributed by atoms with Crippen molar-refractivity contribution in [1.82, 2.24) is 14.8 Å². The van der Waals surface area contributed by atoms with Crippen LogP contribution in [-0.4, -0.2) is 20.7 Å². The van der Waals surface area contributed by atoms with Crippen molar-refractivity contribution in [2.45, 2.75) is 34.1 Å². The molecule has 0 aliphatic carbocycles. The fraction of sp³-hybridized carbons (Fsp3) is 0.208. The van der Waals surface area contributed by atoms with Crippen LogP contribution in [-0.2, 0) is 6.42 Å². The number of anilines is 1. The third-order valence-corrected chi connectivity index (χ3v) is 5.46. The largest absolute Gasteiger partial charge is 0.322 e. The zero-order chi connectivity index (χ0) is 21.4. The Morgan fingerprint density at radius 3 is 2.50 bits per heavy atom. The highest BCUT2D eigenvalue weighted by molar-refractivity contribution is 6.31. The highest BCUT2D eigenvalue weighted by atomic mass is 35.5. The van der Waals surface area contributed by atoms with Gasteiger partial charge in [0.05, 0.1) is 22.3 Å². The number of nitrogens with zero attached hydrogens (tertiary/aromatic N) is 3. The summed E-state index contributed by atoms with van der Waals surface area (Å²) >= 11 is 6.11. The van der Waals surface area contributed by atoms with E-state index < -0.39 is 0 Å². The van der Waals surface area contributed by atoms with Gasteiger partial charge in [-0.1, -0.05) is 36.7 Å². The average molecular weight is 419 g/mol. The van der Waals surface area contributed by atoms with E-state index in [0.29, 0.717) is 21.9 Å². The number of benzene rings is 2. The molecular formula is C24H23ClN4O. The van der Waals surface area contributed by atoms with Gasteiger partial charge in [-0.15, -0.1) is 0 Å². The zero-order valence-electron chi connectivity index (χ0n) is 17.5. The number of amides is 1. The second-order valence-corrected chi connectivity index (χ2v) is 7.88. The van der Waals surface area contributed by atoms with Crippen molar-refractivity contribution in [3.8, 4) is 5.69 Å². The van der Waals surface area contributed by atoms with E-state index >= 15 is 0 Å². The standard InChI is InChI=1S/C24H23ClN4O/c1-5-17-7-10-19(11-8-17)29-23-22(16(4)28-29)20(12-15(3)26-23)24(30)27-21-13-18(25)9-6-14(21)2/h6-13H,5H2,1-4H3,(H,27,30). The molecule has 0 bridgehead atoms. The summed E-state index contributed by atoms with van der Waals surface area (Å²) in [5.74, 6) is -0.208. The predicted octanol–water partition coefficient (Wildman–Crippen LogP) is 5.81. The Bertz CT molecular complexity index is 1260. The van der Waals surface area contributed by atoms with Crippen LogP contribution in [0.15, 0.2) is 48.5 Å². The minimum atomic E-state index is -0.208. The molecule has 4 rings (SSSR count). The van der Waals surface area contributed by atoms with Gasteiger partial charge in [0.15, 0.2) is 5.65 Å². The molecule has 0 atom stereocenters. The minimum absolute atomic E-state index is 0.208. The first-order chi connectivity index (χ1) is 14.4. The Hall–Kier alpha value is -3.18. The van der Waals surface area contributed by atoms with E-state index in [1.54, 1.807) is 22.9 Å². The molecule has 4 aromatic rings. The number of rotatable bonds is 4. The number of aromatic nitrogens is 3. The van der Waals surface area contributed by atoms with Crippen LogP contribution in [0.4, 0.5) is 5.69 Å². The molecule has 0 aliphatic heterocycles. The van der Waals surface area contributed by atoms with Gasteiger partial charge in [0.25, 0.3) is 5.91 Å².